The fourth-order valence-corrected chi connectivity index (χ4v) is 1.61. The number of hydrogen-bond acceptors (Lipinski definition) is 4. The maximum absolute atomic E-state index is 13.5. The van der Waals surface area contributed by atoms with Crippen LogP contribution in [-0.4, -0.2) is 16.5 Å². The molecule has 0 amide bonds. The first-order chi connectivity index (χ1) is 9.51. The van der Waals surface area contributed by atoms with E-state index in [1.807, 2.05) is 6.92 Å². The van der Waals surface area contributed by atoms with Crippen molar-refractivity contribution >= 4 is 29.1 Å². The number of rotatable bonds is 4. The van der Waals surface area contributed by atoms with E-state index in [9.17, 15) is 13.2 Å². The van der Waals surface area contributed by atoms with E-state index in [0.29, 0.717) is 12.6 Å². The third kappa shape index (κ3) is 3.11. The van der Waals surface area contributed by atoms with E-state index < -0.39 is 23.1 Å². The average molecular weight is 303 g/mol. The zero-order chi connectivity index (χ0) is 14.7. The fraction of sp³-hybridized carbons (Fsp3) is 0.167. The molecule has 2 N–H and O–H groups in total. The highest BCUT2D eigenvalue weighted by Crippen LogP contribution is 2.27. The average Bonchev–Trinajstić information content (AvgIpc) is 2.39. The van der Waals surface area contributed by atoms with Gasteiger partial charge in [0.05, 0.1) is 11.9 Å². The lowest BCUT2D eigenvalue weighted by Gasteiger charge is -2.10. The van der Waals surface area contributed by atoms with Crippen molar-refractivity contribution < 1.29 is 13.2 Å². The van der Waals surface area contributed by atoms with Crippen LogP contribution >= 0.6 is 11.6 Å². The highest BCUT2D eigenvalue weighted by molar-refractivity contribution is 6.32. The van der Waals surface area contributed by atoms with E-state index in [1.165, 1.54) is 6.20 Å². The Morgan fingerprint density at radius 2 is 2.00 bits per heavy atom. The molecule has 20 heavy (non-hydrogen) atoms. The van der Waals surface area contributed by atoms with Crippen LogP contribution in [0.2, 0.25) is 5.02 Å². The maximum atomic E-state index is 13.5. The molecule has 0 saturated heterocycles. The van der Waals surface area contributed by atoms with Crippen LogP contribution in [0.3, 0.4) is 0 Å². The van der Waals surface area contributed by atoms with Crippen LogP contribution in [0.25, 0.3) is 0 Å². The molecule has 0 aliphatic carbocycles. The molecule has 2 aromatic rings. The molecule has 1 heterocycles. The number of halogens is 4. The second kappa shape index (κ2) is 5.96. The van der Waals surface area contributed by atoms with E-state index >= 15 is 0 Å². The summed E-state index contributed by atoms with van der Waals surface area (Å²) in [5.41, 5.74) is -0.398. The highest BCUT2D eigenvalue weighted by atomic mass is 35.5. The quantitative estimate of drug-likeness (QED) is 0.845. The minimum absolute atomic E-state index is 0.0431. The molecule has 0 bridgehead atoms. The number of hydrogen-bond donors (Lipinski definition) is 2. The second-order valence-electron chi connectivity index (χ2n) is 3.79. The lowest BCUT2D eigenvalue weighted by atomic mass is 10.3. The topological polar surface area (TPSA) is 49.8 Å². The minimum Gasteiger partial charge on any atom is -0.354 e. The summed E-state index contributed by atoms with van der Waals surface area (Å²) in [7, 11) is 0. The third-order valence-electron chi connectivity index (χ3n) is 2.33. The summed E-state index contributed by atoms with van der Waals surface area (Å²) in [5.74, 6) is -3.13. The Morgan fingerprint density at radius 3 is 2.70 bits per heavy atom. The first kappa shape index (κ1) is 14.4. The molecule has 0 saturated carbocycles. The van der Waals surface area contributed by atoms with Crippen LogP contribution in [0.15, 0.2) is 18.3 Å². The smallest absolute Gasteiger partial charge is 0.224 e. The molecule has 4 nitrogen and oxygen atoms in total. The van der Waals surface area contributed by atoms with Crippen molar-refractivity contribution in [2.45, 2.75) is 6.92 Å². The third-order valence-corrected chi connectivity index (χ3v) is 2.60. The van der Waals surface area contributed by atoms with E-state index in [0.717, 1.165) is 6.07 Å². The van der Waals surface area contributed by atoms with Gasteiger partial charge in [-0.15, -0.1) is 0 Å². The van der Waals surface area contributed by atoms with Crippen molar-refractivity contribution in [1.29, 1.82) is 0 Å². The van der Waals surface area contributed by atoms with Crippen LogP contribution in [0.1, 0.15) is 6.92 Å². The molecule has 0 fully saturated rings. The van der Waals surface area contributed by atoms with E-state index in [4.69, 9.17) is 11.6 Å². The van der Waals surface area contributed by atoms with Crippen molar-refractivity contribution in [2.75, 3.05) is 17.2 Å². The molecular formula is C12H10ClF3N4. The van der Waals surface area contributed by atoms with Gasteiger partial charge in [-0.1, -0.05) is 11.6 Å². The molecule has 0 radical (unpaired) electrons. The van der Waals surface area contributed by atoms with Gasteiger partial charge in [-0.05, 0) is 6.92 Å². The van der Waals surface area contributed by atoms with Crippen molar-refractivity contribution in [3.05, 3.63) is 40.8 Å². The molecule has 0 aliphatic heterocycles. The van der Waals surface area contributed by atoms with Gasteiger partial charge < -0.3 is 10.6 Å². The fourth-order valence-electron chi connectivity index (χ4n) is 1.47. The summed E-state index contributed by atoms with van der Waals surface area (Å²) in [6.07, 6.45) is 1.29. The number of nitrogens with one attached hydrogen (secondary N) is 2. The molecular weight excluding hydrogens is 293 g/mol. The number of anilines is 3. The van der Waals surface area contributed by atoms with Crippen molar-refractivity contribution in [3.63, 3.8) is 0 Å². The van der Waals surface area contributed by atoms with Gasteiger partial charge in [-0.25, -0.2) is 18.2 Å². The maximum Gasteiger partial charge on any atom is 0.224 e. The zero-order valence-electron chi connectivity index (χ0n) is 10.3. The van der Waals surface area contributed by atoms with Crippen LogP contribution in [0, 0.1) is 17.5 Å². The van der Waals surface area contributed by atoms with Gasteiger partial charge in [0.25, 0.3) is 0 Å². The van der Waals surface area contributed by atoms with Crippen molar-refractivity contribution in [1.82, 2.24) is 9.97 Å². The molecule has 1 aromatic carbocycles. The zero-order valence-corrected chi connectivity index (χ0v) is 11.1. The van der Waals surface area contributed by atoms with Crippen LogP contribution < -0.4 is 10.6 Å². The lowest BCUT2D eigenvalue weighted by Crippen LogP contribution is -2.05. The predicted molar refractivity (Wildman–Crippen MR) is 70.8 cm³/mol. The Labute approximate surface area is 118 Å². The van der Waals surface area contributed by atoms with Gasteiger partial charge in [-0.2, -0.15) is 4.98 Å². The second-order valence-corrected chi connectivity index (χ2v) is 4.20. The molecule has 0 spiro atoms. The number of nitrogens with zero attached hydrogens (tertiary/aromatic N) is 2. The summed E-state index contributed by atoms with van der Waals surface area (Å²) in [6.45, 7) is 2.41. The Hall–Kier alpha value is -2.02. The summed E-state index contributed by atoms with van der Waals surface area (Å²) in [6, 6.07) is 1.26. The highest BCUT2D eigenvalue weighted by Gasteiger charge is 2.13. The Kier molecular flexibility index (Phi) is 4.29. The van der Waals surface area contributed by atoms with E-state index in [-0.39, 0.29) is 16.8 Å². The lowest BCUT2D eigenvalue weighted by molar-refractivity contribution is 0.498. The van der Waals surface area contributed by atoms with Gasteiger partial charge in [0.2, 0.25) is 5.95 Å². The summed E-state index contributed by atoms with van der Waals surface area (Å²) < 4.78 is 39.7. The number of aromatic nitrogens is 2. The first-order valence-corrected chi connectivity index (χ1v) is 6.07. The van der Waals surface area contributed by atoms with Gasteiger partial charge in [0.1, 0.15) is 10.8 Å². The van der Waals surface area contributed by atoms with Gasteiger partial charge in [0, 0.05) is 18.7 Å². The van der Waals surface area contributed by atoms with Crippen LogP contribution in [0.5, 0.6) is 0 Å². The van der Waals surface area contributed by atoms with Crippen molar-refractivity contribution in [3.8, 4) is 0 Å². The summed E-state index contributed by atoms with van der Waals surface area (Å²) >= 11 is 5.85. The van der Waals surface area contributed by atoms with Gasteiger partial charge in [-0.3, -0.25) is 0 Å². The van der Waals surface area contributed by atoms with Crippen molar-refractivity contribution in [2.24, 2.45) is 0 Å². The van der Waals surface area contributed by atoms with Gasteiger partial charge >= 0.3 is 0 Å². The Balaban J connectivity index is 2.36. The van der Waals surface area contributed by atoms with Crippen LogP contribution in [0.4, 0.5) is 30.6 Å². The van der Waals surface area contributed by atoms with Gasteiger partial charge in [0.15, 0.2) is 17.5 Å². The molecule has 0 unspecified atom stereocenters. The number of benzene rings is 1. The monoisotopic (exact) mass is 302 g/mol. The summed E-state index contributed by atoms with van der Waals surface area (Å²) in [4.78, 5) is 7.87. The molecule has 106 valence electrons. The minimum atomic E-state index is -1.30. The molecule has 0 atom stereocenters. The predicted octanol–water partition coefficient (Wildman–Crippen LogP) is 3.72. The molecule has 1 aromatic heterocycles. The van der Waals surface area contributed by atoms with E-state index in [2.05, 4.69) is 20.6 Å². The SMILES string of the molecule is CCNc1ncc(Cl)c(Nc2cc(F)cc(F)c2F)n1. The standard InChI is InChI=1S/C12H10ClF3N4/c1-2-17-12-18-5-7(13)11(20-12)19-9-4-6(14)3-8(15)10(9)16/h3-5H,2H2,1H3,(H2,17,18,19,20). The normalized spacial score (nSPS) is 10.4. The van der Waals surface area contributed by atoms with E-state index in [1.54, 1.807) is 0 Å². The molecule has 2 rings (SSSR count). The summed E-state index contributed by atoms with van der Waals surface area (Å²) in [5, 5.41) is 5.37. The van der Waals surface area contributed by atoms with Crippen LogP contribution in [-0.2, 0) is 0 Å². The first-order valence-electron chi connectivity index (χ1n) is 5.69. The largest absolute Gasteiger partial charge is 0.354 e. The Morgan fingerprint density at radius 1 is 1.25 bits per heavy atom. The Bertz CT molecular complexity index is 636. The molecule has 8 heteroatoms. The molecule has 0 aliphatic rings.